The van der Waals surface area contributed by atoms with Crippen LogP contribution in [0, 0.1) is 6.92 Å². The second-order valence-electron chi connectivity index (χ2n) is 4.53. The SMILES string of the molecule is COCCCN(CCOC)S(=O)(=O)c1cc(CO)sc1C. The quantitative estimate of drug-likeness (QED) is 0.650. The topological polar surface area (TPSA) is 76.1 Å². The third kappa shape index (κ3) is 5.01. The van der Waals surface area contributed by atoms with Gasteiger partial charge >= 0.3 is 0 Å². The van der Waals surface area contributed by atoms with E-state index in [1.807, 2.05) is 0 Å². The van der Waals surface area contributed by atoms with E-state index < -0.39 is 10.0 Å². The molecule has 0 aromatic carbocycles. The molecule has 0 aliphatic carbocycles. The highest BCUT2D eigenvalue weighted by molar-refractivity contribution is 7.89. The van der Waals surface area contributed by atoms with Crippen molar-refractivity contribution in [2.24, 2.45) is 0 Å². The van der Waals surface area contributed by atoms with Gasteiger partial charge in [0, 0.05) is 43.7 Å². The summed E-state index contributed by atoms with van der Waals surface area (Å²) in [6.45, 7) is 3.12. The number of hydrogen-bond donors (Lipinski definition) is 1. The summed E-state index contributed by atoms with van der Waals surface area (Å²) in [7, 11) is -0.447. The Morgan fingerprint density at radius 2 is 1.90 bits per heavy atom. The summed E-state index contributed by atoms with van der Waals surface area (Å²) in [6.07, 6.45) is 0.621. The van der Waals surface area contributed by atoms with Gasteiger partial charge in [-0.05, 0) is 19.4 Å². The molecule has 1 rings (SSSR count). The van der Waals surface area contributed by atoms with Gasteiger partial charge < -0.3 is 14.6 Å². The number of methoxy groups -OCH3 is 2. The number of hydrogen-bond acceptors (Lipinski definition) is 6. The van der Waals surface area contributed by atoms with Crippen LogP contribution in [0.3, 0.4) is 0 Å². The Morgan fingerprint density at radius 1 is 1.24 bits per heavy atom. The number of rotatable bonds is 10. The largest absolute Gasteiger partial charge is 0.391 e. The molecule has 1 N–H and O–H groups in total. The molecule has 0 spiro atoms. The monoisotopic (exact) mass is 337 g/mol. The Labute approximate surface area is 130 Å². The maximum absolute atomic E-state index is 12.7. The number of sulfonamides is 1. The first kappa shape index (κ1) is 18.5. The molecule has 8 heteroatoms. The standard InChI is InChI=1S/C13H23NO5S2/c1-11-13(9-12(10-15)20-11)21(16,17)14(6-8-19-3)5-4-7-18-2/h9,15H,4-8,10H2,1-3H3. The van der Waals surface area contributed by atoms with E-state index in [0.29, 0.717) is 42.5 Å². The maximum Gasteiger partial charge on any atom is 0.244 e. The highest BCUT2D eigenvalue weighted by Gasteiger charge is 2.27. The minimum atomic E-state index is -3.58. The molecule has 21 heavy (non-hydrogen) atoms. The van der Waals surface area contributed by atoms with Crippen LogP contribution in [0.1, 0.15) is 16.2 Å². The second kappa shape index (κ2) is 8.82. The molecule has 0 atom stereocenters. The number of aliphatic hydroxyl groups is 1. The van der Waals surface area contributed by atoms with Crippen molar-refractivity contribution in [2.75, 3.05) is 40.5 Å². The molecule has 0 aliphatic heterocycles. The predicted molar refractivity (Wildman–Crippen MR) is 82.1 cm³/mol. The molecule has 1 heterocycles. The molecule has 1 aromatic rings. The molecule has 0 fully saturated rings. The van der Waals surface area contributed by atoms with E-state index in [9.17, 15) is 8.42 Å². The highest BCUT2D eigenvalue weighted by atomic mass is 32.2. The molecular formula is C13H23NO5S2. The van der Waals surface area contributed by atoms with Gasteiger partial charge in [-0.15, -0.1) is 11.3 Å². The van der Waals surface area contributed by atoms with Crippen LogP contribution in [-0.4, -0.2) is 58.4 Å². The number of thiophene rings is 1. The van der Waals surface area contributed by atoms with Crippen LogP contribution >= 0.6 is 11.3 Å². The molecule has 0 saturated carbocycles. The molecule has 0 aliphatic rings. The van der Waals surface area contributed by atoms with Gasteiger partial charge in [0.1, 0.15) is 0 Å². The number of aliphatic hydroxyl groups excluding tert-OH is 1. The van der Waals surface area contributed by atoms with Crippen molar-refractivity contribution >= 4 is 21.4 Å². The molecule has 1 aromatic heterocycles. The first-order chi connectivity index (χ1) is 9.97. The van der Waals surface area contributed by atoms with E-state index in [2.05, 4.69) is 0 Å². The lowest BCUT2D eigenvalue weighted by Gasteiger charge is -2.21. The van der Waals surface area contributed by atoms with E-state index in [1.54, 1.807) is 27.2 Å². The van der Waals surface area contributed by atoms with Gasteiger partial charge in [-0.25, -0.2) is 8.42 Å². The van der Waals surface area contributed by atoms with Gasteiger partial charge in [-0.2, -0.15) is 4.31 Å². The Morgan fingerprint density at radius 3 is 2.43 bits per heavy atom. The van der Waals surface area contributed by atoms with Crippen molar-refractivity contribution in [2.45, 2.75) is 24.8 Å². The van der Waals surface area contributed by atoms with Gasteiger partial charge in [0.05, 0.1) is 18.1 Å². The van der Waals surface area contributed by atoms with Crippen molar-refractivity contribution < 1.29 is 23.0 Å². The molecule has 0 amide bonds. The summed E-state index contributed by atoms with van der Waals surface area (Å²) < 4.78 is 36.9. The van der Waals surface area contributed by atoms with E-state index >= 15 is 0 Å². The highest BCUT2D eigenvalue weighted by Crippen LogP contribution is 2.28. The summed E-state index contributed by atoms with van der Waals surface area (Å²) in [5, 5.41) is 9.16. The van der Waals surface area contributed by atoms with Crippen LogP contribution in [0.15, 0.2) is 11.0 Å². The van der Waals surface area contributed by atoms with Gasteiger partial charge in [0.25, 0.3) is 0 Å². The maximum atomic E-state index is 12.7. The van der Waals surface area contributed by atoms with E-state index in [4.69, 9.17) is 14.6 Å². The lowest BCUT2D eigenvalue weighted by molar-refractivity contribution is 0.164. The van der Waals surface area contributed by atoms with Crippen molar-refractivity contribution in [1.82, 2.24) is 4.31 Å². The van der Waals surface area contributed by atoms with Crippen LogP contribution < -0.4 is 0 Å². The zero-order chi connectivity index (χ0) is 15.9. The fourth-order valence-corrected chi connectivity index (χ4v) is 4.85. The van der Waals surface area contributed by atoms with Crippen molar-refractivity contribution in [3.63, 3.8) is 0 Å². The fraction of sp³-hybridized carbons (Fsp3) is 0.692. The number of aryl methyl sites for hydroxylation is 1. The third-order valence-corrected chi connectivity index (χ3v) is 6.19. The van der Waals surface area contributed by atoms with Crippen LogP contribution in [0.2, 0.25) is 0 Å². The molecule has 0 saturated heterocycles. The molecule has 0 unspecified atom stereocenters. The molecular weight excluding hydrogens is 314 g/mol. The van der Waals surface area contributed by atoms with Gasteiger partial charge in [-0.1, -0.05) is 0 Å². The minimum Gasteiger partial charge on any atom is -0.391 e. The van der Waals surface area contributed by atoms with Crippen LogP contribution in [0.4, 0.5) is 0 Å². The Balaban J connectivity index is 2.98. The minimum absolute atomic E-state index is 0.150. The van der Waals surface area contributed by atoms with Crippen molar-refractivity contribution in [1.29, 1.82) is 0 Å². The Bertz CT molecular complexity index is 527. The molecule has 6 nitrogen and oxygen atoms in total. The van der Waals surface area contributed by atoms with Crippen LogP contribution in [-0.2, 0) is 26.1 Å². The lowest BCUT2D eigenvalue weighted by Crippen LogP contribution is -2.35. The third-order valence-electron chi connectivity index (χ3n) is 3.00. The van der Waals surface area contributed by atoms with E-state index in [0.717, 1.165) is 0 Å². The van der Waals surface area contributed by atoms with Gasteiger partial charge in [0.2, 0.25) is 10.0 Å². The van der Waals surface area contributed by atoms with E-state index in [-0.39, 0.29) is 11.5 Å². The first-order valence-corrected chi connectivity index (χ1v) is 8.91. The first-order valence-electron chi connectivity index (χ1n) is 6.65. The lowest BCUT2D eigenvalue weighted by atomic mass is 10.4. The van der Waals surface area contributed by atoms with Gasteiger partial charge in [0.15, 0.2) is 0 Å². The second-order valence-corrected chi connectivity index (χ2v) is 7.78. The normalized spacial score (nSPS) is 12.2. The average Bonchev–Trinajstić information content (AvgIpc) is 2.84. The van der Waals surface area contributed by atoms with Crippen LogP contribution in [0.25, 0.3) is 0 Å². The summed E-state index contributed by atoms with van der Waals surface area (Å²) in [5.74, 6) is 0. The number of ether oxygens (including phenoxy) is 2. The van der Waals surface area contributed by atoms with Crippen LogP contribution in [0.5, 0.6) is 0 Å². The summed E-state index contributed by atoms with van der Waals surface area (Å²) in [5.41, 5.74) is 0. The number of nitrogens with zero attached hydrogens (tertiary/aromatic N) is 1. The van der Waals surface area contributed by atoms with Gasteiger partial charge in [-0.3, -0.25) is 0 Å². The van der Waals surface area contributed by atoms with Crippen molar-refractivity contribution in [3.05, 3.63) is 15.8 Å². The predicted octanol–water partition coefficient (Wildman–Crippen LogP) is 1.22. The molecule has 0 bridgehead atoms. The average molecular weight is 337 g/mol. The zero-order valence-electron chi connectivity index (χ0n) is 12.7. The molecule has 0 radical (unpaired) electrons. The Kier molecular flexibility index (Phi) is 7.78. The Hall–Kier alpha value is -0.510. The smallest absolute Gasteiger partial charge is 0.244 e. The van der Waals surface area contributed by atoms with E-state index in [1.165, 1.54) is 15.6 Å². The summed E-state index contributed by atoms with van der Waals surface area (Å²) >= 11 is 1.30. The summed E-state index contributed by atoms with van der Waals surface area (Å²) in [4.78, 5) is 1.60. The fourth-order valence-electron chi connectivity index (χ4n) is 1.93. The summed E-state index contributed by atoms with van der Waals surface area (Å²) in [6, 6.07) is 1.55. The molecule has 122 valence electrons. The zero-order valence-corrected chi connectivity index (χ0v) is 14.3. The van der Waals surface area contributed by atoms with Crippen molar-refractivity contribution in [3.8, 4) is 0 Å².